The highest BCUT2D eigenvalue weighted by Gasteiger charge is 2.15. The average molecular weight is 314 g/mol. The molecule has 4 nitrogen and oxygen atoms in total. The van der Waals surface area contributed by atoms with E-state index in [0.717, 1.165) is 23.7 Å². The van der Waals surface area contributed by atoms with E-state index >= 15 is 0 Å². The largest absolute Gasteiger partial charge is 0.446 e. The van der Waals surface area contributed by atoms with E-state index in [0.29, 0.717) is 5.82 Å². The first-order valence-corrected chi connectivity index (χ1v) is 8.22. The van der Waals surface area contributed by atoms with Crippen molar-refractivity contribution in [2.24, 2.45) is 0 Å². The molecule has 0 spiro atoms. The first-order valence-electron chi connectivity index (χ1n) is 8.22. The van der Waals surface area contributed by atoms with E-state index in [9.17, 15) is 4.79 Å². The molecule has 1 N–H and O–H groups in total. The van der Waals surface area contributed by atoms with E-state index in [1.165, 1.54) is 5.56 Å². The molecule has 2 aromatic rings. The van der Waals surface area contributed by atoms with Crippen molar-refractivity contribution in [3.63, 3.8) is 0 Å². The third kappa shape index (κ3) is 4.44. The molecule has 1 heterocycles. The van der Waals surface area contributed by atoms with Crippen LogP contribution in [0.3, 0.4) is 0 Å². The maximum Gasteiger partial charge on any atom is 0.413 e. The predicted molar refractivity (Wildman–Crippen MR) is 94.9 cm³/mol. The van der Waals surface area contributed by atoms with Gasteiger partial charge in [-0.05, 0) is 42.0 Å². The zero-order valence-electron chi connectivity index (χ0n) is 14.6. The summed E-state index contributed by atoms with van der Waals surface area (Å²) in [6, 6.07) is 10.0. The Balaban J connectivity index is 2.20. The second-order valence-corrected chi connectivity index (χ2v) is 6.82. The van der Waals surface area contributed by atoms with Gasteiger partial charge >= 0.3 is 6.09 Å². The van der Waals surface area contributed by atoms with E-state index in [-0.39, 0.29) is 11.5 Å². The first-order chi connectivity index (χ1) is 10.8. The number of rotatable bonds is 4. The normalized spacial score (nSPS) is 11.7. The summed E-state index contributed by atoms with van der Waals surface area (Å²) in [6.07, 6.45) is 1.12. The molecule has 2 rings (SSSR count). The molecule has 0 aliphatic rings. The molecule has 0 radical (unpaired) electrons. The SMILES string of the molecule is CCC(CC)OC(=O)Nc1ccc2ccc(C(C)(C)C)cc2n1. The third-order valence-corrected chi connectivity index (χ3v) is 3.97. The molecule has 0 bridgehead atoms. The number of carbonyl (C=O) groups is 1. The van der Waals surface area contributed by atoms with Gasteiger partial charge in [0.05, 0.1) is 5.52 Å². The number of nitrogens with zero attached hydrogens (tertiary/aromatic N) is 1. The lowest BCUT2D eigenvalue weighted by molar-refractivity contribution is 0.106. The highest BCUT2D eigenvalue weighted by Crippen LogP contribution is 2.26. The number of carbonyl (C=O) groups excluding carboxylic acids is 1. The maximum absolute atomic E-state index is 11.9. The summed E-state index contributed by atoms with van der Waals surface area (Å²) in [7, 11) is 0. The molecule has 1 aromatic heterocycles. The fourth-order valence-corrected chi connectivity index (χ4v) is 2.39. The van der Waals surface area contributed by atoms with Gasteiger partial charge in [0, 0.05) is 5.39 Å². The molecule has 23 heavy (non-hydrogen) atoms. The third-order valence-electron chi connectivity index (χ3n) is 3.97. The lowest BCUT2D eigenvalue weighted by Gasteiger charge is -2.19. The van der Waals surface area contributed by atoms with Gasteiger partial charge in [0.15, 0.2) is 0 Å². The van der Waals surface area contributed by atoms with Crippen LogP contribution in [0.2, 0.25) is 0 Å². The summed E-state index contributed by atoms with van der Waals surface area (Å²) in [5, 5.41) is 3.77. The van der Waals surface area contributed by atoms with Crippen LogP contribution < -0.4 is 5.32 Å². The number of anilines is 1. The van der Waals surface area contributed by atoms with Crippen LogP contribution >= 0.6 is 0 Å². The highest BCUT2D eigenvalue weighted by molar-refractivity contribution is 5.87. The van der Waals surface area contributed by atoms with E-state index in [1.807, 2.05) is 19.9 Å². The minimum absolute atomic E-state index is 0.0528. The van der Waals surface area contributed by atoms with Crippen molar-refractivity contribution in [3.8, 4) is 0 Å². The minimum atomic E-state index is -0.447. The Hall–Kier alpha value is -2.10. The Morgan fingerprint density at radius 3 is 2.43 bits per heavy atom. The summed E-state index contributed by atoms with van der Waals surface area (Å²) in [5.41, 5.74) is 2.15. The molecule has 124 valence electrons. The molecule has 0 saturated heterocycles. The Morgan fingerprint density at radius 2 is 1.83 bits per heavy atom. The molecule has 0 fully saturated rings. The minimum Gasteiger partial charge on any atom is -0.446 e. The summed E-state index contributed by atoms with van der Waals surface area (Å²) in [5.74, 6) is 0.513. The van der Waals surface area contributed by atoms with Gasteiger partial charge in [0.1, 0.15) is 11.9 Å². The average Bonchev–Trinajstić information content (AvgIpc) is 2.51. The summed E-state index contributed by atoms with van der Waals surface area (Å²) in [6.45, 7) is 10.5. The number of benzene rings is 1. The number of hydrogen-bond donors (Lipinski definition) is 1. The van der Waals surface area contributed by atoms with Crippen molar-refractivity contribution in [2.45, 2.75) is 59.0 Å². The lowest BCUT2D eigenvalue weighted by atomic mass is 9.86. The number of aromatic nitrogens is 1. The Morgan fingerprint density at radius 1 is 1.17 bits per heavy atom. The zero-order chi connectivity index (χ0) is 17.0. The van der Waals surface area contributed by atoms with Crippen LogP contribution in [0.15, 0.2) is 30.3 Å². The molecular formula is C19H26N2O2. The van der Waals surface area contributed by atoms with E-state index in [1.54, 1.807) is 6.07 Å². The van der Waals surface area contributed by atoms with Gasteiger partial charge in [0.25, 0.3) is 0 Å². The fourth-order valence-electron chi connectivity index (χ4n) is 2.39. The molecule has 0 unspecified atom stereocenters. The highest BCUT2D eigenvalue weighted by atomic mass is 16.6. The van der Waals surface area contributed by atoms with Crippen LogP contribution in [0.1, 0.15) is 53.0 Å². The zero-order valence-corrected chi connectivity index (χ0v) is 14.6. The number of pyridine rings is 1. The molecule has 0 atom stereocenters. The van der Waals surface area contributed by atoms with Gasteiger partial charge in [-0.15, -0.1) is 0 Å². The van der Waals surface area contributed by atoms with Crippen molar-refractivity contribution in [1.82, 2.24) is 4.98 Å². The second kappa shape index (κ2) is 6.99. The van der Waals surface area contributed by atoms with Crippen LogP contribution in [-0.4, -0.2) is 17.2 Å². The van der Waals surface area contributed by atoms with Crippen molar-refractivity contribution < 1.29 is 9.53 Å². The monoisotopic (exact) mass is 314 g/mol. The van der Waals surface area contributed by atoms with Crippen molar-refractivity contribution >= 4 is 22.8 Å². The molecule has 0 aliphatic carbocycles. The van der Waals surface area contributed by atoms with Crippen LogP contribution in [0.4, 0.5) is 10.6 Å². The molecule has 4 heteroatoms. The summed E-state index contributed by atoms with van der Waals surface area (Å²) >= 11 is 0. The van der Waals surface area contributed by atoms with E-state index in [4.69, 9.17) is 4.74 Å². The van der Waals surface area contributed by atoms with E-state index < -0.39 is 6.09 Å². The van der Waals surface area contributed by atoms with Crippen molar-refractivity contribution in [3.05, 3.63) is 35.9 Å². The number of nitrogens with one attached hydrogen (secondary N) is 1. The lowest BCUT2D eigenvalue weighted by Crippen LogP contribution is -2.21. The van der Waals surface area contributed by atoms with Gasteiger partial charge in [-0.1, -0.05) is 46.8 Å². The molecule has 0 aliphatic heterocycles. The molecule has 0 saturated carbocycles. The fraction of sp³-hybridized carbons (Fsp3) is 0.474. The number of ether oxygens (including phenoxy) is 1. The molecule has 1 aromatic carbocycles. The van der Waals surface area contributed by atoms with Crippen molar-refractivity contribution in [1.29, 1.82) is 0 Å². The Bertz CT molecular complexity index is 685. The van der Waals surface area contributed by atoms with Gasteiger partial charge in [-0.3, -0.25) is 5.32 Å². The number of fused-ring (bicyclic) bond motifs is 1. The predicted octanol–water partition coefficient (Wildman–Crippen LogP) is 5.27. The Kier molecular flexibility index (Phi) is 5.24. The number of amides is 1. The quantitative estimate of drug-likeness (QED) is 0.836. The molecule has 1 amide bonds. The van der Waals surface area contributed by atoms with Crippen LogP contribution in [-0.2, 0) is 10.2 Å². The summed E-state index contributed by atoms with van der Waals surface area (Å²) in [4.78, 5) is 16.5. The van der Waals surface area contributed by atoms with Crippen molar-refractivity contribution in [2.75, 3.05) is 5.32 Å². The summed E-state index contributed by atoms with van der Waals surface area (Å²) < 4.78 is 5.35. The maximum atomic E-state index is 11.9. The van der Waals surface area contributed by atoms with E-state index in [2.05, 4.69) is 49.3 Å². The van der Waals surface area contributed by atoms with Crippen LogP contribution in [0, 0.1) is 0 Å². The standard InChI is InChI=1S/C19H26N2O2/c1-6-15(7-2)23-18(22)21-17-11-9-13-8-10-14(19(3,4)5)12-16(13)20-17/h8-12,15H,6-7H2,1-5H3,(H,20,21,22). The van der Waals surface area contributed by atoms with Gasteiger partial charge in [-0.25, -0.2) is 9.78 Å². The Labute approximate surface area is 138 Å². The molecular weight excluding hydrogens is 288 g/mol. The smallest absolute Gasteiger partial charge is 0.413 e. The van der Waals surface area contributed by atoms with Crippen LogP contribution in [0.5, 0.6) is 0 Å². The van der Waals surface area contributed by atoms with Gasteiger partial charge in [0.2, 0.25) is 0 Å². The topological polar surface area (TPSA) is 51.2 Å². The second-order valence-electron chi connectivity index (χ2n) is 6.82. The van der Waals surface area contributed by atoms with Gasteiger partial charge < -0.3 is 4.74 Å². The van der Waals surface area contributed by atoms with Gasteiger partial charge in [-0.2, -0.15) is 0 Å². The number of hydrogen-bond acceptors (Lipinski definition) is 3. The van der Waals surface area contributed by atoms with Crippen LogP contribution in [0.25, 0.3) is 10.9 Å². The first kappa shape index (κ1) is 17.3.